The minimum absolute atomic E-state index is 0.793. The Hall–Kier alpha value is -2.66. The molecule has 2 aromatic heterocycles. The normalized spacial score (nSPS) is 11.0. The maximum Gasteiger partial charge on any atom is 0.183 e. The maximum atomic E-state index is 4.60. The lowest BCUT2D eigenvalue weighted by molar-refractivity contribution is 1.06. The molecule has 0 saturated carbocycles. The third-order valence-electron chi connectivity index (χ3n) is 3.60. The van der Waals surface area contributed by atoms with E-state index < -0.39 is 0 Å². The molecule has 0 saturated heterocycles. The lowest BCUT2D eigenvalue weighted by Crippen LogP contribution is -2.14. The molecule has 0 spiro atoms. The van der Waals surface area contributed by atoms with Gasteiger partial charge in [-0.2, -0.15) is 0 Å². The van der Waals surface area contributed by atoms with Gasteiger partial charge in [0.15, 0.2) is 5.13 Å². The highest BCUT2D eigenvalue weighted by Crippen LogP contribution is 2.25. The van der Waals surface area contributed by atoms with Crippen molar-refractivity contribution in [2.75, 3.05) is 23.7 Å². The van der Waals surface area contributed by atoms with E-state index in [1.54, 1.807) is 11.3 Å². The molecule has 2 N–H and O–H groups in total. The Bertz CT molecular complexity index is 915. The van der Waals surface area contributed by atoms with Gasteiger partial charge in [0.05, 0.1) is 15.7 Å². The van der Waals surface area contributed by atoms with Gasteiger partial charge < -0.3 is 10.6 Å². The van der Waals surface area contributed by atoms with Crippen molar-refractivity contribution in [3.8, 4) is 0 Å². The quantitative estimate of drug-likeness (QED) is 0.536. The van der Waals surface area contributed by atoms with Gasteiger partial charge in [0.2, 0.25) is 0 Å². The minimum Gasteiger partial charge on any atom is -0.368 e. The van der Waals surface area contributed by atoms with E-state index in [1.165, 1.54) is 4.70 Å². The van der Waals surface area contributed by atoms with Gasteiger partial charge >= 0.3 is 0 Å². The zero-order valence-electron chi connectivity index (χ0n) is 12.5. The summed E-state index contributed by atoms with van der Waals surface area (Å²) >= 11 is 1.68. The van der Waals surface area contributed by atoms with Crippen molar-refractivity contribution >= 4 is 43.4 Å². The minimum atomic E-state index is 0.793. The molecule has 0 aliphatic carbocycles. The van der Waals surface area contributed by atoms with Crippen molar-refractivity contribution in [3.05, 3.63) is 60.7 Å². The van der Waals surface area contributed by atoms with Gasteiger partial charge in [0.25, 0.3) is 0 Å². The van der Waals surface area contributed by atoms with Crippen LogP contribution in [0.5, 0.6) is 0 Å². The van der Waals surface area contributed by atoms with Crippen molar-refractivity contribution in [1.29, 1.82) is 0 Å². The highest BCUT2D eigenvalue weighted by Gasteiger charge is 2.02. The first-order chi connectivity index (χ1) is 11.4. The molecule has 0 atom stereocenters. The molecule has 4 rings (SSSR count). The second-order valence-electron chi connectivity index (χ2n) is 5.23. The van der Waals surface area contributed by atoms with E-state index in [-0.39, 0.29) is 0 Å². The van der Waals surface area contributed by atoms with E-state index in [1.807, 2.05) is 42.5 Å². The highest BCUT2D eigenvalue weighted by atomic mass is 32.1. The van der Waals surface area contributed by atoms with Crippen LogP contribution in [-0.2, 0) is 0 Å². The number of nitrogens with zero attached hydrogens (tertiary/aromatic N) is 2. The molecule has 0 bridgehead atoms. The number of fused-ring (bicyclic) bond motifs is 2. The van der Waals surface area contributed by atoms with Gasteiger partial charge in [-0.3, -0.25) is 0 Å². The summed E-state index contributed by atoms with van der Waals surface area (Å²) in [4.78, 5) is 9.16. The monoisotopic (exact) mass is 320 g/mol. The number of anilines is 2. The Labute approximate surface area is 138 Å². The van der Waals surface area contributed by atoms with Crippen LogP contribution in [0.3, 0.4) is 0 Å². The summed E-state index contributed by atoms with van der Waals surface area (Å²) in [7, 11) is 0. The van der Waals surface area contributed by atoms with Crippen molar-refractivity contribution < 1.29 is 0 Å². The van der Waals surface area contributed by atoms with Crippen LogP contribution < -0.4 is 10.6 Å². The molecule has 5 heteroatoms. The zero-order chi connectivity index (χ0) is 15.5. The lowest BCUT2D eigenvalue weighted by atomic mass is 10.2. The molecule has 0 aliphatic heterocycles. The second-order valence-corrected chi connectivity index (χ2v) is 6.26. The summed E-state index contributed by atoms with van der Waals surface area (Å²) < 4.78 is 1.21. The Morgan fingerprint density at radius 1 is 0.739 bits per heavy atom. The van der Waals surface area contributed by atoms with E-state index in [2.05, 4.69) is 38.8 Å². The summed E-state index contributed by atoms with van der Waals surface area (Å²) in [6, 6.07) is 20.4. The standard InChI is InChI=1S/C18H16N4S/c1-2-6-14-13(5-1)9-10-17(21-14)19-11-12-20-18-22-15-7-3-4-8-16(15)23-18/h1-10H,11-12H2,(H,19,21)(H,20,22). The first-order valence-corrected chi connectivity index (χ1v) is 8.39. The number of para-hydroxylation sites is 2. The first-order valence-electron chi connectivity index (χ1n) is 7.58. The Kier molecular flexibility index (Phi) is 3.78. The summed E-state index contributed by atoms with van der Waals surface area (Å²) in [5.41, 5.74) is 2.06. The van der Waals surface area contributed by atoms with Crippen molar-refractivity contribution in [2.24, 2.45) is 0 Å². The molecule has 2 heterocycles. The third-order valence-corrected chi connectivity index (χ3v) is 4.59. The largest absolute Gasteiger partial charge is 0.368 e. The number of nitrogens with one attached hydrogen (secondary N) is 2. The number of hydrogen-bond acceptors (Lipinski definition) is 5. The molecular formula is C18H16N4S. The summed E-state index contributed by atoms with van der Waals surface area (Å²) in [6.45, 7) is 1.59. The molecular weight excluding hydrogens is 304 g/mol. The fraction of sp³-hybridized carbons (Fsp3) is 0.111. The lowest BCUT2D eigenvalue weighted by Gasteiger charge is -2.07. The molecule has 0 aliphatic rings. The number of rotatable bonds is 5. The van der Waals surface area contributed by atoms with E-state index in [0.29, 0.717) is 0 Å². The van der Waals surface area contributed by atoms with Gasteiger partial charge in [-0.1, -0.05) is 41.7 Å². The molecule has 23 heavy (non-hydrogen) atoms. The number of pyridine rings is 1. The van der Waals surface area contributed by atoms with Gasteiger partial charge in [0, 0.05) is 18.5 Å². The molecule has 0 radical (unpaired) electrons. The van der Waals surface area contributed by atoms with Crippen LogP contribution in [0.15, 0.2) is 60.7 Å². The van der Waals surface area contributed by atoms with Crippen LogP contribution >= 0.6 is 11.3 Å². The topological polar surface area (TPSA) is 49.8 Å². The third kappa shape index (κ3) is 3.10. The number of thiazole rings is 1. The van der Waals surface area contributed by atoms with Crippen molar-refractivity contribution in [1.82, 2.24) is 9.97 Å². The SMILES string of the molecule is c1ccc2nc(NCCNc3nc4ccccc4s3)ccc2c1. The molecule has 0 unspecified atom stereocenters. The number of benzene rings is 2. The van der Waals surface area contributed by atoms with Gasteiger partial charge in [-0.25, -0.2) is 9.97 Å². The number of hydrogen-bond donors (Lipinski definition) is 2. The smallest absolute Gasteiger partial charge is 0.183 e. The van der Waals surface area contributed by atoms with Crippen LogP contribution in [-0.4, -0.2) is 23.1 Å². The van der Waals surface area contributed by atoms with Crippen molar-refractivity contribution in [3.63, 3.8) is 0 Å². The molecule has 0 amide bonds. The van der Waals surface area contributed by atoms with Crippen LogP contribution in [0.4, 0.5) is 10.9 Å². The molecule has 2 aromatic carbocycles. The zero-order valence-corrected chi connectivity index (χ0v) is 13.3. The summed E-state index contributed by atoms with van der Waals surface area (Å²) in [6.07, 6.45) is 0. The second kappa shape index (κ2) is 6.22. The highest BCUT2D eigenvalue weighted by molar-refractivity contribution is 7.22. The Balaban J connectivity index is 1.35. The maximum absolute atomic E-state index is 4.60. The molecule has 4 aromatic rings. The average Bonchev–Trinajstić information content (AvgIpc) is 3.01. The fourth-order valence-electron chi connectivity index (χ4n) is 2.47. The Morgan fingerprint density at radius 3 is 2.43 bits per heavy atom. The molecule has 114 valence electrons. The predicted octanol–water partition coefficient (Wildman–Crippen LogP) is 4.37. The van der Waals surface area contributed by atoms with Crippen LogP contribution in [0.25, 0.3) is 21.1 Å². The average molecular weight is 320 g/mol. The van der Waals surface area contributed by atoms with Crippen LogP contribution in [0, 0.1) is 0 Å². The van der Waals surface area contributed by atoms with E-state index >= 15 is 0 Å². The van der Waals surface area contributed by atoms with E-state index in [4.69, 9.17) is 0 Å². The summed E-state index contributed by atoms with van der Waals surface area (Å²) in [5, 5.41) is 8.82. The van der Waals surface area contributed by atoms with E-state index in [0.717, 1.165) is 40.5 Å². The fourth-order valence-corrected chi connectivity index (χ4v) is 3.36. The Morgan fingerprint density at radius 2 is 1.52 bits per heavy atom. The summed E-state index contributed by atoms with van der Waals surface area (Å²) in [5.74, 6) is 0.898. The van der Waals surface area contributed by atoms with Crippen LogP contribution in [0.2, 0.25) is 0 Å². The molecule has 0 fully saturated rings. The van der Waals surface area contributed by atoms with Crippen molar-refractivity contribution in [2.45, 2.75) is 0 Å². The predicted molar refractivity (Wildman–Crippen MR) is 98.3 cm³/mol. The van der Waals surface area contributed by atoms with Crippen LogP contribution in [0.1, 0.15) is 0 Å². The van der Waals surface area contributed by atoms with E-state index in [9.17, 15) is 0 Å². The van der Waals surface area contributed by atoms with Gasteiger partial charge in [0.1, 0.15) is 5.82 Å². The number of aromatic nitrogens is 2. The van der Waals surface area contributed by atoms with Gasteiger partial charge in [-0.05, 0) is 30.3 Å². The molecule has 4 nitrogen and oxygen atoms in total. The van der Waals surface area contributed by atoms with Gasteiger partial charge in [-0.15, -0.1) is 0 Å². The first kappa shape index (κ1) is 14.0.